The molecule has 1 aromatic carbocycles. The third-order valence-electron chi connectivity index (χ3n) is 5.83. The number of ether oxygens (including phenoxy) is 1. The third-order valence-corrected chi connectivity index (χ3v) is 6.03. The Morgan fingerprint density at radius 3 is 2.70 bits per heavy atom. The molecule has 0 unspecified atom stereocenters. The van der Waals surface area contributed by atoms with Gasteiger partial charge in [0.05, 0.1) is 13.2 Å². The zero-order valence-corrected chi connectivity index (χ0v) is 19.2. The molecule has 170 valence electrons. The molecular weight excluding hydrogens is 440 g/mol. The molecule has 5 rings (SSSR count). The van der Waals surface area contributed by atoms with Crippen molar-refractivity contribution in [1.29, 1.82) is 0 Å². The zero-order chi connectivity index (χ0) is 22.6. The molecule has 0 amide bonds. The standard InChI is InChI=1S/C25H25ClN4O3/c1-17-4-2-7-22(27-17)24-28-25(33-29-24)19-5-3-6-20(14-19)31-16-18-10-12-30(13-11-18)15-21-8-9-23(26)32-21/h2-9,14,18H,10-13,15-16H2,1H3. The number of halogens is 1. The molecule has 4 heterocycles. The maximum absolute atomic E-state index is 6.11. The highest BCUT2D eigenvalue weighted by Gasteiger charge is 2.21. The van der Waals surface area contributed by atoms with Crippen LogP contribution in [0.2, 0.25) is 5.22 Å². The number of hydrogen-bond donors (Lipinski definition) is 0. The monoisotopic (exact) mass is 464 g/mol. The minimum atomic E-state index is 0.444. The molecule has 1 fully saturated rings. The second-order valence-corrected chi connectivity index (χ2v) is 8.72. The van der Waals surface area contributed by atoms with Gasteiger partial charge in [-0.2, -0.15) is 4.98 Å². The summed E-state index contributed by atoms with van der Waals surface area (Å²) in [6, 6.07) is 17.2. The summed E-state index contributed by atoms with van der Waals surface area (Å²) in [7, 11) is 0. The van der Waals surface area contributed by atoms with E-state index in [1.54, 1.807) is 6.07 Å². The Balaban J connectivity index is 1.15. The number of benzene rings is 1. The van der Waals surface area contributed by atoms with Crippen LogP contribution in [0.4, 0.5) is 0 Å². The van der Waals surface area contributed by atoms with Crippen LogP contribution in [0.5, 0.6) is 5.75 Å². The van der Waals surface area contributed by atoms with Crippen molar-refractivity contribution in [1.82, 2.24) is 20.0 Å². The number of pyridine rings is 1. The van der Waals surface area contributed by atoms with Crippen LogP contribution in [0.3, 0.4) is 0 Å². The highest BCUT2D eigenvalue weighted by atomic mass is 35.5. The number of rotatable bonds is 7. The molecule has 0 spiro atoms. The summed E-state index contributed by atoms with van der Waals surface area (Å²) < 4.78 is 17.1. The van der Waals surface area contributed by atoms with Crippen LogP contribution in [-0.2, 0) is 6.54 Å². The van der Waals surface area contributed by atoms with Crippen molar-refractivity contribution in [2.45, 2.75) is 26.3 Å². The lowest BCUT2D eigenvalue weighted by Gasteiger charge is -2.31. The summed E-state index contributed by atoms with van der Waals surface area (Å²) in [5, 5.41) is 4.53. The first-order valence-corrected chi connectivity index (χ1v) is 11.5. The lowest BCUT2D eigenvalue weighted by Crippen LogP contribution is -2.35. The molecule has 0 N–H and O–H groups in total. The topological polar surface area (TPSA) is 77.4 Å². The van der Waals surface area contributed by atoms with Gasteiger partial charge in [-0.15, -0.1) is 0 Å². The van der Waals surface area contributed by atoms with Crippen molar-refractivity contribution in [3.8, 4) is 28.7 Å². The zero-order valence-electron chi connectivity index (χ0n) is 18.4. The normalized spacial score (nSPS) is 15.1. The molecule has 1 aliphatic rings. The Kier molecular flexibility index (Phi) is 6.41. The fourth-order valence-electron chi connectivity index (χ4n) is 4.01. The molecule has 1 aliphatic heterocycles. The molecule has 1 saturated heterocycles. The smallest absolute Gasteiger partial charge is 0.258 e. The number of nitrogens with zero attached hydrogens (tertiary/aromatic N) is 4. The van der Waals surface area contributed by atoms with Crippen molar-refractivity contribution in [3.05, 3.63) is 71.3 Å². The van der Waals surface area contributed by atoms with Crippen molar-refractivity contribution < 1.29 is 13.7 Å². The predicted molar refractivity (Wildman–Crippen MR) is 125 cm³/mol. The van der Waals surface area contributed by atoms with E-state index in [1.165, 1.54) is 0 Å². The lowest BCUT2D eigenvalue weighted by molar-refractivity contribution is 0.131. The van der Waals surface area contributed by atoms with Crippen LogP contribution in [-0.4, -0.2) is 39.7 Å². The molecule has 33 heavy (non-hydrogen) atoms. The van der Waals surface area contributed by atoms with Gasteiger partial charge in [0.25, 0.3) is 5.89 Å². The molecule has 0 atom stereocenters. The summed E-state index contributed by atoms with van der Waals surface area (Å²) in [4.78, 5) is 11.4. The average molecular weight is 465 g/mol. The van der Waals surface area contributed by atoms with Gasteiger partial charge in [0.15, 0.2) is 5.22 Å². The Morgan fingerprint density at radius 2 is 1.91 bits per heavy atom. The maximum Gasteiger partial charge on any atom is 0.258 e. The average Bonchev–Trinajstić information content (AvgIpc) is 3.48. The molecule has 0 saturated carbocycles. The molecule has 0 radical (unpaired) electrons. The van der Waals surface area contributed by atoms with Gasteiger partial charge in [0.2, 0.25) is 5.82 Å². The van der Waals surface area contributed by atoms with Gasteiger partial charge in [-0.1, -0.05) is 17.3 Å². The molecular formula is C25H25ClN4O3. The molecule has 0 aliphatic carbocycles. The number of piperidine rings is 1. The maximum atomic E-state index is 6.11. The van der Waals surface area contributed by atoms with E-state index in [4.69, 9.17) is 25.3 Å². The lowest BCUT2D eigenvalue weighted by atomic mass is 9.98. The highest BCUT2D eigenvalue weighted by Crippen LogP contribution is 2.26. The minimum Gasteiger partial charge on any atom is -0.493 e. The molecule has 8 heteroatoms. The fourth-order valence-corrected chi connectivity index (χ4v) is 4.18. The van der Waals surface area contributed by atoms with Crippen molar-refractivity contribution in [2.24, 2.45) is 5.92 Å². The Hall–Kier alpha value is -3.16. The van der Waals surface area contributed by atoms with Gasteiger partial charge in [-0.05, 0) is 92.8 Å². The van der Waals surface area contributed by atoms with Gasteiger partial charge >= 0.3 is 0 Å². The van der Waals surface area contributed by atoms with Crippen LogP contribution in [0, 0.1) is 12.8 Å². The summed E-state index contributed by atoms with van der Waals surface area (Å²) in [6.07, 6.45) is 2.18. The van der Waals surface area contributed by atoms with Crippen LogP contribution >= 0.6 is 11.6 Å². The Labute approximate surface area is 197 Å². The summed E-state index contributed by atoms with van der Waals surface area (Å²) in [5.41, 5.74) is 2.43. The second kappa shape index (κ2) is 9.77. The van der Waals surface area contributed by atoms with E-state index in [-0.39, 0.29) is 0 Å². The van der Waals surface area contributed by atoms with E-state index in [2.05, 4.69) is 20.0 Å². The fraction of sp³-hybridized carbons (Fsp3) is 0.320. The first-order valence-electron chi connectivity index (χ1n) is 11.1. The summed E-state index contributed by atoms with van der Waals surface area (Å²) in [6.45, 7) is 5.46. The first-order chi connectivity index (χ1) is 16.1. The molecule has 0 bridgehead atoms. The largest absolute Gasteiger partial charge is 0.493 e. The van der Waals surface area contributed by atoms with Gasteiger partial charge in [-0.3, -0.25) is 4.90 Å². The summed E-state index contributed by atoms with van der Waals surface area (Å²) >= 11 is 5.87. The number of hydrogen-bond acceptors (Lipinski definition) is 7. The number of likely N-dealkylation sites (tertiary alicyclic amines) is 1. The quantitative estimate of drug-likeness (QED) is 0.350. The molecule has 4 aromatic rings. The van der Waals surface area contributed by atoms with E-state index in [1.807, 2.05) is 55.5 Å². The van der Waals surface area contributed by atoms with Crippen LogP contribution in [0.1, 0.15) is 24.3 Å². The number of aromatic nitrogens is 3. The van der Waals surface area contributed by atoms with Crippen LogP contribution < -0.4 is 4.74 Å². The van der Waals surface area contributed by atoms with Gasteiger partial charge in [-0.25, -0.2) is 4.98 Å². The number of aryl methyl sites for hydroxylation is 1. The van der Waals surface area contributed by atoms with E-state index in [0.29, 0.717) is 35.2 Å². The van der Waals surface area contributed by atoms with Gasteiger partial charge in [0.1, 0.15) is 17.2 Å². The first kappa shape index (κ1) is 21.7. The van der Waals surface area contributed by atoms with Crippen LogP contribution in [0.25, 0.3) is 23.0 Å². The summed E-state index contributed by atoms with van der Waals surface area (Å²) in [5.74, 6) is 3.16. The molecule has 3 aromatic heterocycles. The van der Waals surface area contributed by atoms with Crippen molar-refractivity contribution in [3.63, 3.8) is 0 Å². The number of furan rings is 1. The second-order valence-electron chi connectivity index (χ2n) is 8.35. The van der Waals surface area contributed by atoms with E-state index >= 15 is 0 Å². The third kappa shape index (κ3) is 5.43. The highest BCUT2D eigenvalue weighted by molar-refractivity contribution is 6.28. The Bertz CT molecular complexity index is 1210. The van der Waals surface area contributed by atoms with Crippen molar-refractivity contribution in [2.75, 3.05) is 19.7 Å². The van der Waals surface area contributed by atoms with E-state index < -0.39 is 0 Å². The van der Waals surface area contributed by atoms with Gasteiger partial charge in [0, 0.05) is 11.3 Å². The Morgan fingerprint density at radius 1 is 1.06 bits per heavy atom. The van der Waals surface area contributed by atoms with Crippen molar-refractivity contribution >= 4 is 11.6 Å². The molecule has 7 nitrogen and oxygen atoms in total. The van der Waals surface area contributed by atoms with E-state index in [0.717, 1.165) is 55.2 Å². The predicted octanol–water partition coefficient (Wildman–Crippen LogP) is 5.64. The van der Waals surface area contributed by atoms with E-state index in [9.17, 15) is 0 Å². The van der Waals surface area contributed by atoms with Gasteiger partial charge < -0.3 is 13.7 Å². The minimum absolute atomic E-state index is 0.444. The van der Waals surface area contributed by atoms with Crippen LogP contribution in [0.15, 0.2) is 63.5 Å². The SMILES string of the molecule is Cc1cccc(-c2noc(-c3cccc(OCC4CCN(Cc5ccc(Cl)o5)CC4)c3)n2)n1.